The maximum atomic E-state index is 13.1. The van der Waals surface area contributed by atoms with E-state index in [-0.39, 0.29) is 24.5 Å². The van der Waals surface area contributed by atoms with Crippen molar-refractivity contribution in [2.24, 2.45) is 5.92 Å². The number of ether oxygens (including phenoxy) is 2. The minimum absolute atomic E-state index is 0.0163. The van der Waals surface area contributed by atoms with E-state index < -0.39 is 0 Å². The van der Waals surface area contributed by atoms with E-state index >= 15 is 0 Å². The summed E-state index contributed by atoms with van der Waals surface area (Å²) < 4.78 is 10.9. The molecule has 0 N–H and O–H groups in total. The third kappa shape index (κ3) is 5.25. The van der Waals surface area contributed by atoms with Gasteiger partial charge in [-0.2, -0.15) is 0 Å². The van der Waals surface area contributed by atoms with Crippen molar-refractivity contribution in [2.75, 3.05) is 46.1 Å². The second-order valence-corrected chi connectivity index (χ2v) is 9.13. The Hall–Kier alpha value is -3.32. The lowest BCUT2D eigenvalue weighted by molar-refractivity contribution is -0.141. The molecule has 0 aliphatic carbocycles. The molecule has 0 saturated carbocycles. The van der Waals surface area contributed by atoms with Crippen LogP contribution in [0.3, 0.4) is 0 Å². The van der Waals surface area contributed by atoms with E-state index in [0.717, 1.165) is 62.6 Å². The van der Waals surface area contributed by atoms with Gasteiger partial charge in [-0.3, -0.25) is 14.5 Å². The zero-order chi connectivity index (χ0) is 23.3. The molecule has 3 aliphatic heterocycles. The molecule has 3 heterocycles. The van der Waals surface area contributed by atoms with Crippen LogP contribution in [-0.4, -0.2) is 72.6 Å². The summed E-state index contributed by atoms with van der Waals surface area (Å²) in [5.74, 6) is 1.90. The van der Waals surface area contributed by atoms with E-state index in [9.17, 15) is 9.59 Å². The second-order valence-electron chi connectivity index (χ2n) is 9.13. The fourth-order valence-corrected chi connectivity index (χ4v) is 4.87. The number of amides is 2. The Morgan fingerprint density at radius 1 is 0.853 bits per heavy atom. The van der Waals surface area contributed by atoms with Gasteiger partial charge in [-0.1, -0.05) is 36.4 Å². The fourth-order valence-electron chi connectivity index (χ4n) is 4.87. The van der Waals surface area contributed by atoms with Gasteiger partial charge in [0.15, 0.2) is 11.5 Å². The Balaban J connectivity index is 1.06. The Labute approximate surface area is 200 Å². The molecule has 3 aliphatic rings. The lowest BCUT2D eigenvalue weighted by Gasteiger charge is -2.38. The maximum Gasteiger partial charge on any atom is 0.246 e. The molecule has 0 aromatic heterocycles. The minimum atomic E-state index is 0.0163. The van der Waals surface area contributed by atoms with Crippen LogP contribution in [-0.2, 0) is 16.1 Å². The summed E-state index contributed by atoms with van der Waals surface area (Å²) in [7, 11) is 0. The number of piperidine rings is 1. The molecule has 0 spiro atoms. The molecular formula is C27H31N3O4. The standard InChI is InChI=1S/C27H31N3O4/c31-26(9-7-21-4-2-1-3-5-21)29-12-10-23(11-13-29)27(32)30-16-14-28(15-17-30)19-22-6-8-24-25(18-22)34-20-33-24/h1-9,18,23H,10-17,19-20H2. The Kier molecular flexibility index (Phi) is 6.81. The van der Waals surface area contributed by atoms with Gasteiger partial charge in [-0.05, 0) is 42.2 Å². The quantitative estimate of drug-likeness (QED) is 0.641. The molecule has 2 aromatic rings. The summed E-state index contributed by atoms with van der Waals surface area (Å²) in [5, 5.41) is 0. The van der Waals surface area contributed by atoms with Gasteiger partial charge >= 0.3 is 0 Å². The molecule has 2 fully saturated rings. The van der Waals surface area contributed by atoms with Crippen LogP contribution in [0.5, 0.6) is 11.5 Å². The van der Waals surface area contributed by atoms with Crippen LogP contribution >= 0.6 is 0 Å². The number of hydrogen-bond acceptors (Lipinski definition) is 5. The number of carbonyl (C=O) groups is 2. The smallest absolute Gasteiger partial charge is 0.246 e. The second kappa shape index (κ2) is 10.3. The SMILES string of the molecule is O=C(C=Cc1ccccc1)N1CCC(C(=O)N2CCN(Cc3ccc4c(c3)OCO4)CC2)CC1. The molecule has 0 radical (unpaired) electrons. The largest absolute Gasteiger partial charge is 0.454 e. The van der Waals surface area contributed by atoms with Crippen LogP contribution in [0.25, 0.3) is 6.08 Å². The highest BCUT2D eigenvalue weighted by molar-refractivity contribution is 5.92. The first-order chi connectivity index (χ1) is 16.7. The number of benzene rings is 2. The van der Waals surface area contributed by atoms with Gasteiger partial charge in [0.05, 0.1) is 0 Å². The van der Waals surface area contributed by atoms with E-state index in [1.807, 2.05) is 58.3 Å². The molecule has 0 unspecified atom stereocenters. The van der Waals surface area contributed by atoms with Gasteiger partial charge in [0.25, 0.3) is 0 Å². The van der Waals surface area contributed by atoms with E-state index in [1.54, 1.807) is 6.08 Å². The van der Waals surface area contributed by atoms with Crippen molar-refractivity contribution in [1.82, 2.24) is 14.7 Å². The highest BCUT2D eigenvalue weighted by Gasteiger charge is 2.31. The van der Waals surface area contributed by atoms with Gasteiger partial charge in [-0.25, -0.2) is 0 Å². The van der Waals surface area contributed by atoms with Crippen molar-refractivity contribution in [1.29, 1.82) is 0 Å². The van der Waals surface area contributed by atoms with Crippen molar-refractivity contribution in [3.05, 3.63) is 65.7 Å². The van der Waals surface area contributed by atoms with Crippen LogP contribution in [0.1, 0.15) is 24.0 Å². The molecule has 2 amide bonds. The maximum absolute atomic E-state index is 13.1. The zero-order valence-corrected chi connectivity index (χ0v) is 19.4. The first-order valence-corrected chi connectivity index (χ1v) is 12.1. The van der Waals surface area contributed by atoms with E-state index in [2.05, 4.69) is 11.0 Å². The number of fused-ring (bicyclic) bond motifs is 1. The Morgan fingerprint density at radius 2 is 1.59 bits per heavy atom. The predicted octanol–water partition coefficient (Wildman–Crippen LogP) is 3.01. The molecule has 34 heavy (non-hydrogen) atoms. The van der Waals surface area contributed by atoms with Crippen LogP contribution in [0.2, 0.25) is 0 Å². The zero-order valence-electron chi connectivity index (χ0n) is 19.4. The third-order valence-corrected chi connectivity index (χ3v) is 6.90. The molecule has 0 atom stereocenters. The highest BCUT2D eigenvalue weighted by Crippen LogP contribution is 2.33. The molecule has 2 aromatic carbocycles. The molecule has 7 heteroatoms. The summed E-state index contributed by atoms with van der Waals surface area (Å²) in [6, 6.07) is 15.9. The number of piperazine rings is 1. The van der Waals surface area contributed by atoms with Crippen molar-refractivity contribution < 1.29 is 19.1 Å². The Bertz CT molecular complexity index is 1040. The lowest BCUT2D eigenvalue weighted by Crippen LogP contribution is -2.51. The summed E-state index contributed by atoms with van der Waals surface area (Å²) >= 11 is 0. The van der Waals surface area contributed by atoms with Crippen molar-refractivity contribution >= 4 is 17.9 Å². The minimum Gasteiger partial charge on any atom is -0.454 e. The van der Waals surface area contributed by atoms with E-state index in [1.165, 1.54) is 5.56 Å². The van der Waals surface area contributed by atoms with Crippen LogP contribution in [0, 0.1) is 5.92 Å². The first kappa shape index (κ1) is 22.5. The highest BCUT2D eigenvalue weighted by atomic mass is 16.7. The van der Waals surface area contributed by atoms with Gasteiger partial charge in [0, 0.05) is 57.8 Å². The predicted molar refractivity (Wildman–Crippen MR) is 129 cm³/mol. The summed E-state index contributed by atoms with van der Waals surface area (Å²) in [5.41, 5.74) is 2.21. The van der Waals surface area contributed by atoms with Crippen LogP contribution < -0.4 is 9.47 Å². The number of carbonyl (C=O) groups excluding carboxylic acids is 2. The van der Waals surface area contributed by atoms with Crippen LogP contribution in [0.4, 0.5) is 0 Å². The van der Waals surface area contributed by atoms with Gasteiger partial charge in [-0.15, -0.1) is 0 Å². The van der Waals surface area contributed by atoms with Crippen molar-refractivity contribution in [3.63, 3.8) is 0 Å². The first-order valence-electron chi connectivity index (χ1n) is 12.1. The lowest BCUT2D eigenvalue weighted by atomic mass is 9.95. The van der Waals surface area contributed by atoms with Crippen molar-refractivity contribution in [2.45, 2.75) is 19.4 Å². The molecule has 178 valence electrons. The van der Waals surface area contributed by atoms with Gasteiger partial charge < -0.3 is 19.3 Å². The number of rotatable bonds is 5. The van der Waals surface area contributed by atoms with Crippen LogP contribution in [0.15, 0.2) is 54.6 Å². The van der Waals surface area contributed by atoms with Gasteiger partial charge in [0.1, 0.15) is 0 Å². The average Bonchev–Trinajstić information content (AvgIpc) is 3.36. The molecule has 5 rings (SSSR count). The Morgan fingerprint density at radius 3 is 2.35 bits per heavy atom. The molecular weight excluding hydrogens is 430 g/mol. The number of likely N-dealkylation sites (tertiary alicyclic amines) is 1. The summed E-state index contributed by atoms with van der Waals surface area (Å²) in [4.78, 5) is 31.9. The summed E-state index contributed by atoms with van der Waals surface area (Å²) in [6.45, 7) is 5.64. The topological polar surface area (TPSA) is 62.3 Å². The van der Waals surface area contributed by atoms with Crippen molar-refractivity contribution in [3.8, 4) is 11.5 Å². The molecule has 2 saturated heterocycles. The average molecular weight is 462 g/mol. The number of nitrogens with zero attached hydrogens (tertiary/aromatic N) is 3. The normalized spacial score (nSPS) is 19.1. The number of hydrogen-bond donors (Lipinski definition) is 0. The fraction of sp³-hybridized carbons (Fsp3) is 0.407. The summed E-state index contributed by atoms with van der Waals surface area (Å²) in [6.07, 6.45) is 4.96. The van der Waals surface area contributed by atoms with Gasteiger partial charge in [0.2, 0.25) is 18.6 Å². The molecule has 7 nitrogen and oxygen atoms in total. The molecule has 0 bridgehead atoms. The monoisotopic (exact) mass is 461 g/mol. The van der Waals surface area contributed by atoms with E-state index in [4.69, 9.17) is 9.47 Å². The third-order valence-electron chi connectivity index (χ3n) is 6.90. The van der Waals surface area contributed by atoms with E-state index in [0.29, 0.717) is 13.1 Å².